The molecule has 2 rings (SSSR count). The summed E-state index contributed by atoms with van der Waals surface area (Å²) in [7, 11) is -3.21. The highest BCUT2D eigenvalue weighted by Crippen LogP contribution is 2.48. The van der Waals surface area contributed by atoms with E-state index in [1.54, 1.807) is 6.92 Å². The second-order valence-electron chi connectivity index (χ2n) is 7.46. The van der Waals surface area contributed by atoms with Crippen LogP contribution in [0, 0.1) is 0 Å². The monoisotopic (exact) mass is 352 g/mol. The van der Waals surface area contributed by atoms with Gasteiger partial charge in [0.15, 0.2) is 0 Å². The first-order valence-electron chi connectivity index (χ1n) is 8.47. The van der Waals surface area contributed by atoms with Gasteiger partial charge in [0.1, 0.15) is 0 Å². The Morgan fingerprint density at radius 3 is 2.17 bits per heavy atom. The van der Waals surface area contributed by atoms with Gasteiger partial charge in [-0.2, -0.15) is 0 Å². The second-order valence-corrected chi connectivity index (χ2v) is 9.56. The lowest BCUT2D eigenvalue weighted by Gasteiger charge is -2.21. The van der Waals surface area contributed by atoms with Gasteiger partial charge in [0, 0.05) is 13.1 Å². The molecule has 1 aliphatic rings. The van der Waals surface area contributed by atoms with Crippen molar-refractivity contribution in [3.8, 4) is 0 Å². The number of hydrogen-bond acceptors (Lipinski definition) is 3. The molecule has 1 aromatic carbocycles. The lowest BCUT2D eigenvalue weighted by molar-refractivity contribution is -0.123. The van der Waals surface area contributed by atoms with Gasteiger partial charge in [0.2, 0.25) is 15.9 Å². The molecular formula is C18H28N2O3S. The number of hydrogen-bond donors (Lipinski definition) is 2. The van der Waals surface area contributed by atoms with Gasteiger partial charge in [0.25, 0.3) is 0 Å². The molecule has 0 aromatic heterocycles. The molecule has 6 heteroatoms. The number of benzene rings is 1. The van der Waals surface area contributed by atoms with E-state index in [2.05, 4.69) is 42.9 Å². The number of rotatable bonds is 7. The molecule has 1 amide bonds. The van der Waals surface area contributed by atoms with Crippen molar-refractivity contribution in [2.45, 2.75) is 51.4 Å². The average Bonchev–Trinajstić information content (AvgIpc) is 3.32. The zero-order valence-corrected chi connectivity index (χ0v) is 15.8. The van der Waals surface area contributed by atoms with Crippen LogP contribution in [-0.4, -0.2) is 33.2 Å². The van der Waals surface area contributed by atoms with E-state index in [0.717, 1.165) is 18.4 Å². The highest BCUT2D eigenvalue weighted by Gasteiger charge is 2.51. The van der Waals surface area contributed by atoms with Gasteiger partial charge in [-0.25, -0.2) is 13.1 Å². The number of nitrogens with one attached hydrogen (secondary N) is 2. The minimum atomic E-state index is -3.21. The quantitative estimate of drug-likeness (QED) is 0.738. The topological polar surface area (TPSA) is 75.3 Å². The summed E-state index contributed by atoms with van der Waals surface area (Å²) in [5.74, 6) is 0.0343. The Labute approximate surface area is 145 Å². The molecule has 1 saturated carbocycles. The molecule has 0 saturated heterocycles. The van der Waals surface area contributed by atoms with E-state index < -0.39 is 15.4 Å². The van der Waals surface area contributed by atoms with Crippen LogP contribution in [0.2, 0.25) is 0 Å². The van der Waals surface area contributed by atoms with Gasteiger partial charge in [-0.3, -0.25) is 4.79 Å². The Balaban J connectivity index is 1.94. The first-order valence-corrected chi connectivity index (χ1v) is 10.1. The molecule has 0 bridgehead atoms. The van der Waals surface area contributed by atoms with Gasteiger partial charge in [-0.05, 0) is 36.3 Å². The molecule has 1 fully saturated rings. The second kappa shape index (κ2) is 6.84. The van der Waals surface area contributed by atoms with Crippen LogP contribution in [0.5, 0.6) is 0 Å². The average molecular weight is 353 g/mol. The molecule has 0 unspecified atom stereocenters. The minimum Gasteiger partial charge on any atom is -0.354 e. The van der Waals surface area contributed by atoms with Crippen LogP contribution in [0.4, 0.5) is 0 Å². The van der Waals surface area contributed by atoms with Crippen molar-refractivity contribution in [2.75, 3.05) is 18.8 Å². The van der Waals surface area contributed by atoms with Crippen molar-refractivity contribution in [2.24, 2.45) is 0 Å². The molecule has 0 spiro atoms. The van der Waals surface area contributed by atoms with Crippen molar-refractivity contribution in [3.63, 3.8) is 0 Å². The van der Waals surface area contributed by atoms with Crippen LogP contribution in [0.15, 0.2) is 24.3 Å². The van der Waals surface area contributed by atoms with E-state index in [0.29, 0.717) is 6.54 Å². The molecule has 24 heavy (non-hydrogen) atoms. The van der Waals surface area contributed by atoms with E-state index in [9.17, 15) is 13.2 Å². The van der Waals surface area contributed by atoms with Gasteiger partial charge in [-0.15, -0.1) is 0 Å². The highest BCUT2D eigenvalue weighted by molar-refractivity contribution is 7.89. The summed E-state index contributed by atoms with van der Waals surface area (Å²) >= 11 is 0. The maximum atomic E-state index is 12.5. The summed E-state index contributed by atoms with van der Waals surface area (Å²) in [4.78, 5) is 12.5. The number of sulfonamides is 1. The summed E-state index contributed by atoms with van der Waals surface area (Å²) in [6.45, 7) is 8.61. The van der Waals surface area contributed by atoms with Crippen molar-refractivity contribution in [3.05, 3.63) is 35.4 Å². The smallest absolute Gasteiger partial charge is 0.230 e. The van der Waals surface area contributed by atoms with Crippen LogP contribution in [0.3, 0.4) is 0 Å². The molecular weight excluding hydrogens is 324 g/mol. The summed E-state index contributed by atoms with van der Waals surface area (Å²) in [5, 5.41) is 2.86. The lowest BCUT2D eigenvalue weighted by atomic mass is 9.85. The molecule has 134 valence electrons. The molecule has 5 nitrogen and oxygen atoms in total. The van der Waals surface area contributed by atoms with E-state index in [4.69, 9.17) is 0 Å². The van der Waals surface area contributed by atoms with Crippen molar-refractivity contribution in [1.82, 2.24) is 10.0 Å². The van der Waals surface area contributed by atoms with E-state index in [1.807, 2.05) is 12.1 Å². The van der Waals surface area contributed by atoms with E-state index in [-0.39, 0.29) is 23.6 Å². The van der Waals surface area contributed by atoms with Crippen LogP contribution in [-0.2, 0) is 25.6 Å². The Bertz CT molecular complexity index is 684. The molecule has 1 aliphatic carbocycles. The zero-order valence-electron chi connectivity index (χ0n) is 15.0. The maximum Gasteiger partial charge on any atom is 0.230 e. The predicted octanol–water partition coefficient (Wildman–Crippen LogP) is 2.07. The Kier molecular flexibility index (Phi) is 5.40. The van der Waals surface area contributed by atoms with Gasteiger partial charge < -0.3 is 5.32 Å². The predicted molar refractivity (Wildman–Crippen MR) is 96.5 cm³/mol. The molecule has 0 heterocycles. The van der Waals surface area contributed by atoms with Crippen molar-refractivity contribution >= 4 is 15.9 Å². The van der Waals surface area contributed by atoms with Crippen molar-refractivity contribution < 1.29 is 13.2 Å². The molecule has 2 N–H and O–H groups in total. The SMILES string of the molecule is CCS(=O)(=O)NCCNC(=O)C1(c2ccc(C(C)(C)C)cc2)CC1. The fraction of sp³-hybridized carbons (Fsp3) is 0.611. The molecule has 0 aliphatic heterocycles. The number of carbonyl (C=O) groups excluding carboxylic acids is 1. The number of amides is 1. The van der Waals surface area contributed by atoms with Gasteiger partial charge in [-0.1, -0.05) is 45.0 Å². The lowest BCUT2D eigenvalue weighted by Crippen LogP contribution is -2.40. The standard InChI is InChI=1S/C18H28N2O3S/c1-5-24(22,23)20-13-12-19-16(21)18(10-11-18)15-8-6-14(7-9-15)17(2,3)4/h6-9,20H,5,10-13H2,1-4H3,(H,19,21). The fourth-order valence-corrected chi connectivity index (χ4v) is 3.33. The molecule has 1 aromatic rings. The van der Waals surface area contributed by atoms with E-state index in [1.165, 1.54) is 5.56 Å². The Hall–Kier alpha value is -1.40. The molecule has 0 atom stereocenters. The Morgan fingerprint density at radius 2 is 1.71 bits per heavy atom. The summed E-state index contributed by atoms with van der Waals surface area (Å²) in [6, 6.07) is 8.29. The third-order valence-electron chi connectivity index (χ3n) is 4.60. The first-order chi connectivity index (χ1) is 11.1. The third-order valence-corrected chi connectivity index (χ3v) is 6.00. The summed E-state index contributed by atoms with van der Waals surface area (Å²) in [6.07, 6.45) is 1.68. The minimum absolute atomic E-state index is 0.0123. The Morgan fingerprint density at radius 1 is 1.12 bits per heavy atom. The summed E-state index contributed by atoms with van der Waals surface area (Å²) in [5.41, 5.74) is 1.95. The van der Waals surface area contributed by atoms with E-state index >= 15 is 0 Å². The van der Waals surface area contributed by atoms with Crippen LogP contribution in [0.1, 0.15) is 51.7 Å². The summed E-state index contributed by atoms with van der Waals surface area (Å²) < 4.78 is 25.2. The van der Waals surface area contributed by atoms with Crippen LogP contribution < -0.4 is 10.0 Å². The van der Waals surface area contributed by atoms with Crippen LogP contribution in [0.25, 0.3) is 0 Å². The fourth-order valence-electron chi connectivity index (χ4n) is 2.71. The highest BCUT2D eigenvalue weighted by atomic mass is 32.2. The largest absolute Gasteiger partial charge is 0.354 e. The van der Waals surface area contributed by atoms with Crippen molar-refractivity contribution in [1.29, 1.82) is 0 Å². The van der Waals surface area contributed by atoms with Crippen LogP contribution >= 0.6 is 0 Å². The normalized spacial score (nSPS) is 16.7. The van der Waals surface area contributed by atoms with Gasteiger partial charge >= 0.3 is 0 Å². The third kappa shape index (κ3) is 4.36. The molecule has 0 radical (unpaired) electrons. The zero-order chi connectivity index (χ0) is 18.0. The maximum absolute atomic E-state index is 12.5. The van der Waals surface area contributed by atoms with Gasteiger partial charge in [0.05, 0.1) is 11.2 Å². The first kappa shape index (κ1) is 18.9. The number of carbonyl (C=O) groups is 1.